The Morgan fingerprint density at radius 3 is 2.42 bits per heavy atom. The number of hydrogen-bond donors (Lipinski definition) is 1. The standard InChI is InChI=1S/C28H26F3N5O2/c1-16-21(25-33-23-19(14-9-15-20(23)38-2)35(25)18-12-7-4-8-13-18)27(37)36-26(32-16)22(17-10-5-3-6-11-17)24(34-36)28(29,30)31/h3,5-6,9-11,14-15,18,32H,4,7-8,12-13H2,1-2H3. The Labute approximate surface area is 215 Å². The Morgan fingerprint density at radius 2 is 1.74 bits per heavy atom. The molecule has 0 amide bonds. The van der Waals surface area contributed by atoms with Crippen LogP contribution in [0.3, 0.4) is 0 Å². The third-order valence-corrected chi connectivity index (χ3v) is 7.37. The number of nitrogens with one attached hydrogen (secondary N) is 1. The van der Waals surface area contributed by atoms with Crippen molar-refractivity contribution < 1.29 is 17.9 Å². The monoisotopic (exact) mass is 521 g/mol. The van der Waals surface area contributed by atoms with Crippen LogP contribution in [0.2, 0.25) is 0 Å². The molecule has 0 radical (unpaired) electrons. The minimum atomic E-state index is -4.76. The van der Waals surface area contributed by atoms with Gasteiger partial charge in [-0.2, -0.15) is 22.8 Å². The van der Waals surface area contributed by atoms with Crippen molar-refractivity contribution in [3.63, 3.8) is 0 Å². The van der Waals surface area contributed by atoms with E-state index in [0.29, 0.717) is 28.3 Å². The zero-order valence-corrected chi connectivity index (χ0v) is 21.0. The van der Waals surface area contributed by atoms with Crippen molar-refractivity contribution >= 4 is 16.7 Å². The number of benzene rings is 2. The number of imidazole rings is 1. The summed E-state index contributed by atoms with van der Waals surface area (Å²) in [5.41, 5.74) is 0.419. The van der Waals surface area contributed by atoms with Gasteiger partial charge in [-0.05, 0) is 37.5 Å². The minimum Gasteiger partial charge on any atom is -0.494 e. The van der Waals surface area contributed by atoms with Crippen molar-refractivity contribution in [2.24, 2.45) is 0 Å². The number of alkyl halides is 3. The molecule has 7 nitrogen and oxygen atoms in total. The second kappa shape index (κ2) is 9.04. The number of halogens is 3. The maximum absolute atomic E-state index is 14.1. The molecule has 0 atom stereocenters. The zero-order chi connectivity index (χ0) is 26.6. The van der Waals surface area contributed by atoms with Gasteiger partial charge in [-0.15, -0.1) is 0 Å². The summed E-state index contributed by atoms with van der Waals surface area (Å²) in [6, 6.07) is 13.9. The summed E-state index contributed by atoms with van der Waals surface area (Å²) in [6.07, 6.45) is 0.338. The van der Waals surface area contributed by atoms with Crippen LogP contribution in [0.1, 0.15) is 49.5 Å². The molecule has 0 aliphatic heterocycles. The summed E-state index contributed by atoms with van der Waals surface area (Å²) >= 11 is 0. The largest absolute Gasteiger partial charge is 0.494 e. The third-order valence-electron chi connectivity index (χ3n) is 7.37. The topological polar surface area (TPSA) is 77.2 Å². The van der Waals surface area contributed by atoms with Crippen molar-refractivity contribution in [3.05, 3.63) is 70.3 Å². The number of aromatic amines is 1. The molecular formula is C28H26F3N5O2. The fraction of sp³-hybridized carbons (Fsp3) is 0.321. The Morgan fingerprint density at radius 1 is 1.00 bits per heavy atom. The highest BCUT2D eigenvalue weighted by atomic mass is 19.4. The van der Waals surface area contributed by atoms with E-state index in [1.807, 2.05) is 12.1 Å². The Kier molecular flexibility index (Phi) is 5.77. The zero-order valence-electron chi connectivity index (χ0n) is 21.0. The molecule has 1 saturated carbocycles. The molecule has 1 fully saturated rings. The Hall–Kier alpha value is -4.08. The van der Waals surface area contributed by atoms with Gasteiger partial charge in [0.2, 0.25) is 0 Å². The van der Waals surface area contributed by atoms with Gasteiger partial charge in [0.15, 0.2) is 5.69 Å². The van der Waals surface area contributed by atoms with Gasteiger partial charge in [-0.25, -0.2) is 4.98 Å². The molecule has 2 aromatic carbocycles. The number of fused-ring (bicyclic) bond motifs is 2. The van der Waals surface area contributed by atoms with Gasteiger partial charge in [0, 0.05) is 11.7 Å². The van der Waals surface area contributed by atoms with Crippen molar-refractivity contribution in [2.45, 2.75) is 51.2 Å². The fourth-order valence-electron chi connectivity index (χ4n) is 5.67. The lowest BCUT2D eigenvalue weighted by Gasteiger charge is -2.25. The molecule has 38 heavy (non-hydrogen) atoms. The molecule has 5 aromatic rings. The molecule has 1 aliphatic rings. The Balaban J connectivity index is 1.67. The van der Waals surface area contributed by atoms with Crippen LogP contribution in [0, 0.1) is 6.92 Å². The highest BCUT2D eigenvalue weighted by molar-refractivity contribution is 5.87. The predicted molar refractivity (Wildman–Crippen MR) is 138 cm³/mol. The molecule has 10 heteroatoms. The lowest BCUT2D eigenvalue weighted by Crippen LogP contribution is -2.23. The predicted octanol–water partition coefficient (Wildman–Crippen LogP) is 6.55. The van der Waals surface area contributed by atoms with E-state index in [1.54, 1.807) is 50.4 Å². The average molecular weight is 522 g/mol. The van der Waals surface area contributed by atoms with E-state index in [2.05, 4.69) is 14.6 Å². The van der Waals surface area contributed by atoms with Crippen molar-refractivity contribution in [1.29, 1.82) is 0 Å². The summed E-state index contributed by atoms with van der Waals surface area (Å²) in [7, 11) is 1.56. The maximum atomic E-state index is 14.1. The minimum absolute atomic E-state index is 0.00677. The molecule has 6 rings (SSSR count). The summed E-state index contributed by atoms with van der Waals surface area (Å²) in [6.45, 7) is 1.69. The normalized spacial score (nSPS) is 15.0. The quantitative estimate of drug-likeness (QED) is 0.291. The van der Waals surface area contributed by atoms with Crippen LogP contribution in [-0.2, 0) is 6.18 Å². The number of nitrogens with zero attached hydrogens (tertiary/aromatic N) is 4. The van der Waals surface area contributed by atoms with Gasteiger partial charge in [-0.1, -0.05) is 55.7 Å². The van der Waals surface area contributed by atoms with Gasteiger partial charge in [0.1, 0.15) is 28.3 Å². The number of hydrogen-bond acceptors (Lipinski definition) is 4. The number of ether oxygens (including phenoxy) is 1. The molecule has 3 aromatic heterocycles. The molecule has 0 bridgehead atoms. The fourth-order valence-corrected chi connectivity index (χ4v) is 5.67. The molecule has 1 aliphatic carbocycles. The summed E-state index contributed by atoms with van der Waals surface area (Å²) in [5.74, 6) is 0.973. The van der Waals surface area contributed by atoms with Crippen molar-refractivity contribution in [2.75, 3.05) is 7.11 Å². The SMILES string of the molecule is COc1cccc2c1nc(-c1c(C)[nH]c3c(-c4ccccc4)c(C(F)(F)F)nn3c1=O)n2C1CCCCC1. The highest BCUT2D eigenvalue weighted by Crippen LogP contribution is 2.40. The molecule has 3 heterocycles. The smallest absolute Gasteiger partial charge is 0.435 e. The van der Waals surface area contributed by atoms with E-state index in [4.69, 9.17) is 9.72 Å². The molecular weight excluding hydrogens is 495 g/mol. The first-order valence-corrected chi connectivity index (χ1v) is 12.6. The second-order valence-electron chi connectivity index (χ2n) is 9.70. The van der Waals surface area contributed by atoms with E-state index in [-0.39, 0.29) is 22.8 Å². The molecule has 0 saturated heterocycles. The number of aromatic nitrogens is 5. The molecule has 196 valence electrons. The van der Waals surface area contributed by atoms with Crippen molar-refractivity contribution in [3.8, 4) is 28.3 Å². The second-order valence-corrected chi connectivity index (χ2v) is 9.70. The van der Waals surface area contributed by atoms with Crippen LogP contribution < -0.4 is 10.3 Å². The van der Waals surface area contributed by atoms with E-state index >= 15 is 0 Å². The molecule has 0 spiro atoms. The van der Waals surface area contributed by atoms with Gasteiger partial charge in [0.05, 0.1) is 18.2 Å². The van der Waals surface area contributed by atoms with Crippen LogP contribution in [0.4, 0.5) is 13.2 Å². The van der Waals surface area contributed by atoms with Gasteiger partial charge in [-0.3, -0.25) is 4.79 Å². The lowest BCUT2D eigenvalue weighted by atomic mass is 9.95. The van der Waals surface area contributed by atoms with Gasteiger partial charge >= 0.3 is 6.18 Å². The third kappa shape index (κ3) is 3.77. The first-order valence-electron chi connectivity index (χ1n) is 12.6. The van der Waals surface area contributed by atoms with Crippen LogP contribution in [0.15, 0.2) is 53.3 Å². The van der Waals surface area contributed by atoms with E-state index in [9.17, 15) is 18.0 Å². The first kappa shape index (κ1) is 24.3. The van der Waals surface area contributed by atoms with Gasteiger partial charge in [0.25, 0.3) is 5.56 Å². The average Bonchev–Trinajstić information content (AvgIpc) is 3.49. The maximum Gasteiger partial charge on any atom is 0.435 e. The van der Waals surface area contributed by atoms with Crippen LogP contribution in [0.5, 0.6) is 5.75 Å². The number of rotatable bonds is 4. The van der Waals surface area contributed by atoms with E-state index < -0.39 is 17.4 Å². The summed E-state index contributed by atoms with van der Waals surface area (Å²) < 4.78 is 50.8. The lowest BCUT2D eigenvalue weighted by molar-refractivity contribution is -0.140. The van der Waals surface area contributed by atoms with E-state index in [1.165, 1.54) is 0 Å². The Bertz CT molecular complexity index is 1710. The summed E-state index contributed by atoms with van der Waals surface area (Å²) in [4.78, 5) is 21.9. The van der Waals surface area contributed by atoms with Crippen LogP contribution >= 0.6 is 0 Å². The number of aryl methyl sites for hydroxylation is 1. The highest BCUT2D eigenvalue weighted by Gasteiger charge is 2.39. The van der Waals surface area contributed by atoms with Crippen LogP contribution in [0.25, 0.3) is 39.2 Å². The number of methoxy groups -OCH3 is 1. The first-order chi connectivity index (χ1) is 18.3. The summed E-state index contributed by atoms with van der Waals surface area (Å²) in [5, 5.41) is 3.80. The number of H-pyrrole nitrogens is 1. The molecule has 1 N–H and O–H groups in total. The molecule has 0 unspecified atom stereocenters. The number of para-hydroxylation sites is 1. The van der Waals surface area contributed by atoms with Crippen molar-refractivity contribution in [1.82, 2.24) is 24.1 Å². The van der Waals surface area contributed by atoms with Gasteiger partial charge < -0.3 is 14.3 Å². The van der Waals surface area contributed by atoms with Crippen LogP contribution in [-0.4, -0.2) is 31.3 Å². The van der Waals surface area contributed by atoms with E-state index in [0.717, 1.165) is 42.1 Å².